The van der Waals surface area contributed by atoms with E-state index >= 15 is 0 Å². The highest BCUT2D eigenvalue weighted by molar-refractivity contribution is 5.12. The van der Waals surface area contributed by atoms with Gasteiger partial charge in [-0.1, -0.05) is 27.2 Å². The van der Waals surface area contributed by atoms with Crippen molar-refractivity contribution in [2.24, 2.45) is 5.41 Å². The van der Waals surface area contributed by atoms with E-state index in [1.54, 1.807) is 0 Å². The molecule has 0 spiro atoms. The Kier molecular flexibility index (Phi) is 6.45. The molecule has 1 N–H and O–H groups in total. The topological polar surface area (TPSA) is 29.9 Å². The highest BCUT2D eigenvalue weighted by Crippen LogP contribution is 2.29. The van der Waals surface area contributed by atoms with Crippen LogP contribution in [0, 0.1) is 5.41 Å². The Morgan fingerprint density at radius 1 is 1.14 bits per heavy atom. The van der Waals surface area contributed by atoms with Crippen LogP contribution < -0.4 is 5.32 Å². The number of hydrogen-bond acceptors (Lipinski definition) is 2. The summed E-state index contributed by atoms with van der Waals surface area (Å²) < 4.78 is 2.18. The normalized spacial score (nSPS) is 15.2. The van der Waals surface area contributed by atoms with Crippen LogP contribution in [0.25, 0.3) is 0 Å². The van der Waals surface area contributed by atoms with Crippen LogP contribution in [0.5, 0.6) is 0 Å². The van der Waals surface area contributed by atoms with Crippen molar-refractivity contribution in [3.63, 3.8) is 0 Å². The summed E-state index contributed by atoms with van der Waals surface area (Å²) in [7, 11) is 0. The van der Waals surface area contributed by atoms with Crippen molar-refractivity contribution in [1.29, 1.82) is 0 Å². The van der Waals surface area contributed by atoms with E-state index in [2.05, 4.69) is 64.5 Å². The van der Waals surface area contributed by atoms with Gasteiger partial charge >= 0.3 is 0 Å². The fraction of sp³-hybridized carbons (Fsp3) is 0.833. The maximum absolute atomic E-state index is 4.70. The molecule has 1 aromatic heterocycles. The molecule has 0 aliphatic heterocycles. The summed E-state index contributed by atoms with van der Waals surface area (Å²) >= 11 is 0. The molecule has 0 fully saturated rings. The smallest absolute Gasteiger partial charge is 0.0624 e. The van der Waals surface area contributed by atoms with Crippen molar-refractivity contribution in [3.8, 4) is 0 Å². The molecule has 3 nitrogen and oxygen atoms in total. The minimum atomic E-state index is 0.175. The molecule has 0 amide bonds. The molecule has 3 heteroatoms. The van der Waals surface area contributed by atoms with E-state index in [9.17, 15) is 0 Å². The van der Waals surface area contributed by atoms with Crippen LogP contribution in [0.3, 0.4) is 0 Å². The number of hydrogen-bond donors (Lipinski definition) is 1. The molecule has 1 unspecified atom stereocenters. The zero-order chi connectivity index (χ0) is 16.1. The summed E-state index contributed by atoms with van der Waals surface area (Å²) in [5, 5.41) is 8.39. The SMILES string of the molecule is CCCC(C)(CNC(C)(C)C)Cc1cc(CC)nn1CC. The number of nitrogens with one attached hydrogen (secondary N) is 1. The lowest BCUT2D eigenvalue weighted by Gasteiger charge is -2.34. The second-order valence-electron chi connectivity index (χ2n) is 7.64. The number of aryl methyl sites for hydroxylation is 2. The van der Waals surface area contributed by atoms with Gasteiger partial charge in [0.25, 0.3) is 0 Å². The van der Waals surface area contributed by atoms with E-state index in [0.717, 1.165) is 25.9 Å². The molecule has 1 aromatic rings. The maximum atomic E-state index is 4.70. The Labute approximate surface area is 131 Å². The number of nitrogens with zero attached hydrogens (tertiary/aromatic N) is 2. The quantitative estimate of drug-likeness (QED) is 0.778. The predicted molar refractivity (Wildman–Crippen MR) is 91.8 cm³/mol. The molecule has 21 heavy (non-hydrogen) atoms. The van der Waals surface area contributed by atoms with Gasteiger partial charge in [0, 0.05) is 24.3 Å². The molecule has 0 saturated heterocycles. The Hall–Kier alpha value is -0.830. The lowest BCUT2D eigenvalue weighted by atomic mass is 9.80. The third-order valence-corrected chi connectivity index (χ3v) is 4.08. The summed E-state index contributed by atoms with van der Waals surface area (Å²) in [6.07, 6.45) is 4.59. The van der Waals surface area contributed by atoms with Gasteiger partial charge in [-0.3, -0.25) is 4.68 Å². The average molecular weight is 293 g/mol. The highest BCUT2D eigenvalue weighted by Gasteiger charge is 2.27. The van der Waals surface area contributed by atoms with Gasteiger partial charge in [-0.25, -0.2) is 0 Å². The van der Waals surface area contributed by atoms with Crippen LogP contribution in [0.1, 0.15) is 72.7 Å². The molecule has 0 radical (unpaired) electrons. The predicted octanol–water partition coefficient (Wildman–Crippen LogP) is 4.20. The molecular weight excluding hydrogens is 258 g/mol. The summed E-state index contributed by atoms with van der Waals surface area (Å²) in [6, 6.07) is 2.30. The standard InChI is InChI=1S/C18H35N3/c1-8-11-18(7,14-19-17(4,5)6)13-16-12-15(9-2)20-21(16)10-3/h12,19H,8-11,13-14H2,1-7H3. The molecular formula is C18H35N3. The Morgan fingerprint density at radius 3 is 2.29 bits per heavy atom. The minimum Gasteiger partial charge on any atom is -0.312 e. The van der Waals surface area contributed by atoms with Crippen molar-refractivity contribution >= 4 is 0 Å². The Bertz CT molecular complexity index is 428. The van der Waals surface area contributed by atoms with E-state index < -0.39 is 0 Å². The van der Waals surface area contributed by atoms with Gasteiger partial charge in [0.15, 0.2) is 0 Å². The fourth-order valence-corrected chi connectivity index (χ4v) is 2.86. The molecule has 0 aliphatic carbocycles. The van der Waals surface area contributed by atoms with Gasteiger partial charge in [-0.2, -0.15) is 5.10 Å². The van der Waals surface area contributed by atoms with Crippen molar-refractivity contribution in [3.05, 3.63) is 17.5 Å². The van der Waals surface area contributed by atoms with E-state index in [-0.39, 0.29) is 5.54 Å². The fourth-order valence-electron chi connectivity index (χ4n) is 2.86. The van der Waals surface area contributed by atoms with Gasteiger partial charge in [-0.15, -0.1) is 0 Å². The van der Waals surface area contributed by atoms with Gasteiger partial charge in [0.2, 0.25) is 0 Å². The molecule has 0 aliphatic rings. The zero-order valence-corrected chi connectivity index (χ0v) is 15.2. The molecule has 0 aromatic carbocycles. The van der Waals surface area contributed by atoms with Crippen LogP contribution in [0.15, 0.2) is 6.07 Å². The summed E-state index contributed by atoms with van der Waals surface area (Å²) in [4.78, 5) is 0. The van der Waals surface area contributed by atoms with Crippen molar-refractivity contribution in [2.75, 3.05) is 6.54 Å². The van der Waals surface area contributed by atoms with Gasteiger partial charge < -0.3 is 5.32 Å². The third-order valence-electron chi connectivity index (χ3n) is 4.08. The largest absolute Gasteiger partial charge is 0.312 e. The van der Waals surface area contributed by atoms with Crippen molar-refractivity contribution in [2.45, 2.75) is 86.2 Å². The van der Waals surface area contributed by atoms with Gasteiger partial charge in [0.1, 0.15) is 0 Å². The first-order valence-corrected chi connectivity index (χ1v) is 8.53. The molecule has 1 heterocycles. The Morgan fingerprint density at radius 2 is 1.81 bits per heavy atom. The van der Waals surface area contributed by atoms with Crippen molar-refractivity contribution < 1.29 is 0 Å². The van der Waals surface area contributed by atoms with Crippen LogP contribution in [0.4, 0.5) is 0 Å². The van der Waals surface area contributed by atoms with Crippen molar-refractivity contribution in [1.82, 2.24) is 15.1 Å². The molecule has 122 valence electrons. The third kappa shape index (κ3) is 5.82. The maximum Gasteiger partial charge on any atom is 0.0624 e. The Balaban J connectivity index is 2.88. The first-order chi connectivity index (χ1) is 9.73. The van der Waals surface area contributed by atoms with E-state index in [1.807, 2.05) is 0 Å². The first kappa shape index (κ1) is 18.2. The lowest BCUT2D eigenvalue weighted by Crippen LogP contribution is -2.44. The van der Waals surface area contributed by atoms with E-state index in [0.29, 0.717) is 5.41 Å². The van der Waals surface area contributed by atoms with Gasteiger partial charge in [-0.05, 0) is 58.4 Å². The highest BCUT2D eigenvalue weighted by atomic mass is 15.3. The van der Waals surface area contributed by atoms with Crippen LogP contribution in [-0.4, -0.2) is 21.9 Å². The molecule has 0 bridgehead atoms. The monoisotopic (exact) mass is 293 g/mol. The second-order valence-corrected chi connectivity index (χ2v) is 7.64. The minimum absolute atomic E-state index is 0.175. The molecule has 1 atom stereocenters. The molecule has 1 rings (SSSR count). The van der Waals surface area contributed by atoms with Crippen LogP contribution >= 0.6 is 0 Å². The summed E-state index contributed by atoms with van der Waals surface area (Å²) in [5.41, 5.74) is 3.07. The van der Waals surface area contributed by atoms with E-state index in [1.165, 1.54) is 24.2 Å². The molecule has 0 saturated carbocycles. The zero-order valence-electron chi connectivity index (χ0n) is 15.2. The van der Waals surface area contributed by atoms with Crippen LogP contribution in [0.2, 0.25) is 0 Å². The summed E-state index contributed by atoms with van der Waals surface area (Å²) in [6.45, 7) is 17.8. The van der Waals surface area contributed by atoms with Crippen LogP contribution in [-0.2, 0) is 19.4 Å². The number of aromatic nitrogens is 2. The van der Waals surface area contributed by atoms with E-state index in [4.69, 9.17) is 5.10 Å². The first-order valence-electron chi connectivity index (χ1n) is 8.53. The van der Waals surface area contributed by atoms with Gasteiger partial charge in [0.05, 0.1) is 5.69 Å². The summed E-state index contributed by atoms with van der Waals surface area (Å²) in [5.74, 6) is 0. The average Bonchev–Trinajstić information content (AvgIpc) is 2.78. The lowest BCUT2D eigenvalue weighted by molar-refractivity contribution is 0.239. The number of rotatable bonds is 8. The second kappa shape index (κ2) is 7.44.